The van der Waals surface area contributed by atoms with Crippen LogP contribution < -0.4 is 4.90 Å². The molecule has 0 fully saturated rings. The molecule has 8 heteroatoms. The summed E-state index contributed by atoms with van der Waals surface area (Å²) in [7, 11) is -6.37. The van der Waals surface area contributed by atoms with Gasteiger partial charge in [0.05, 0.1) is 16.0 Å². The lowest BCUT2D eigenvalue weighted by Crippen LogP contribution is -3.03. The van der Waals surface area contributed by atoms with E-state index in [9.17, 15) is 13.2 Å². The van der Waals surface area contributed by atoms with Crippen LogP contribution in [0.5, 0.6) is 0 Å². The standard InChI is InChI=1S/C20H18N2O4S2/c1-15-3-9-18(10-4-15)28(24,25)26-27(2)19(13-22-12-11-21-20(22)27)17-7-5-16(14-23)6-8-17/h3-14H,1-2H3/p+1. The number of nitrogens with zero attached hydrogens (tertiary/aromatic N) is 1. The number of aryl methyl sites for hydroxylation is 1. The molecule has 0 saturated carbocycles. The van der Waals surface area contributed by atoms with Gasteiger partial charge in [0.15, 0.2) is 0 Å². The number of hydrogen-bond donors (Lipinski definition) is 1. The molecule has 0 bridgehead atoms. The zero-order valence-electron chi connectivity index (χ0n) is 15.3. The summed E-state index contributed by atoms with van der Waals surface area (Å²) in [4.78, 5) is 17.1. The van der Waals surface area contributed by atoms with E-state index < -0.39 is 20.4 Å². The zero-order chi connectivity index (χ0) is 19.9. The van der Waals surface area contributed by atoms with Crippen LogP contribution in [-0.4, -0.2) is 26.1 Å². The van der Waals surface area contributed by atoms with Crippen LogP contribution in [0.3, 0.4) is 0 Å². The second-order valence-corrected chi connectivity index (χ2v) is 11.1. The van der Waals surface area contributed by atoms with E-state index in [1.54, 1.807) is 61.0 Å². The Kier molecular flexibility index (Phi) is 4.59. The van der Waals surface area contributed by atoms with Crippen molar-refractivity contribution in [3.63, 3.8) is 0 Å². The van der Waals surface area contributed by atoms with Crippen molar-refractivity contribution in [2.45, 2.75) is 11.8 Å². The van der Waals surface area contributed by atoms with Gasteiger partial charge >= 0.3 is 10.1 Å². The van der Waals surface area contributed by atoms with Crippen molar-refractivity contribution >= 4 is 36.8 Å². The first-order valence-electron chi connectivity index (χ1n) is 8.54. The number of carbonyl (C=O) groups is 1. The Hall–Kier alpha value is -2.52. The van der Waals surface area contributed by atoms with Gasteiger partial charge < -0.3 is 0 Å². The summed E-state index contributed by atoms with van der Waals surface area (Å²) in [5, 5.41) is 0.637. The van der Waals surface area contributed by atoms with E-state index in [0.29, 0.717) is 10.7 Å². The van der Waals surface area contributed by atoms with Crippen LogP contribution in [0.2, 0.25) is 0 Å². The summed E-state index contributed by atoms with van der Waals surface area (Å²) in [5.41, 5.74) is 2.33. The third-order valence-electron chi connectivity index (χ3n) is 4.63. The number of benzene rings is 2. The van der Waals surface area contributed by atoms with E-state index in [0.717, 1.165) is 27.2 Å². The first-order valence-corrected chi connectivity index (χ1v) is 11.9. The maximum absolute atomic E-state index is 13.0. The van der Waals surface area contributed by atoms with Gasteiger partial charge in [0.2, 0.25) is 0 Å². The highest BCUT2D eigenvalue weighted by atomic mass is 32.3. The van der Waals surface area contributed by atoms with Gasteiger partial charge in [-0.25, -0.2) is 8.53 Å². The monoisotopic (exact) mass is 415 g/mol. The minimum absolute atomic E-state index is 0.113. The second kappa shape index (κ2) is 6.82. The fourth-order valence-corrected chi connectivity index (χ4v) is 7.90. The molecule has 0 aliphatic carbocycles. The van der Waals surface area contributed by atoms with E-state index >= 15 is 0 Å². The van der Waals surface area contributed by atoms with Crippen molar-refractivity contribution in [2.24, 2.45) is 4.99 Å². The molecule has 0 spiro atoms. The van der Waals surface area contributed by atoms with Crippen molar-refractivity contribution in [1.29, 1.82) is 0 Å². The predicted molar refractivity (Wildman–Crippen MR) is 110 cm³/mol. The van der Waals surface area contributed by atoms with Crippen molar-refractivity contribution in [2.75, 3.05) is 6.26 Å². The van der Waals surface area contributed by atoms with E-state index in [2.05, 4.69) is 4.99 Å². The normalized spacial score (nSPS) is 25.6. The molecule has 2 aromatic rings. The van der Waals surface area contributed by atoms with Crippen LogP contribution in [0, 0.1) is 6.92 Å². The molecule has 2 aliphatic heterocycles. The second-order valence-electron chi connectivity index (χ2n) is 6.63. The quantitative estimate of drug-likeness (QED) is 0.762. The van der Waals surface area contributed by atoms with E-state index in [1.165, 1.54) is 0 Å². The fraction of sp³-hybridized carbons (Fsp3) is 0.100. The minimum atomic E-state index is -3.99. The molecule has 0 saturated heterocycles. The molecule has 28 heavy (non-hydrogen) atoms. The molecule has 2 aromatic carbocycles. The summed E-state index contributed by atoms with van der Waals surface area (Å²) in [6.07, 6.45) is 7.97. The Morgan fingerprint density at radius 1 is 1.07 bits per heavy atom. The smallest absolute Gasteiger partial charge is 0.298 e. The molecular weight excluding hydrogens is 396 g/mol. The molecular formula is C20H19N2O4S2+. The van der Waals surface area contributed by atoms with E-state index in [-0.39, 0.29) is 4.90 Å². The van der Waals surface area contributed by atoms with Gasteiger partial charge in [0, 0.05) is 22.1 Å². The number of aliphatic imine (C=N–C) groups is 1. The molecule has 0 radical (unpaired) electrons. The van der Waals surface area contributed by atoms with Crippen molar-refractivity contribution in [1.82, 2.24) is 0 Å². The number of fused-ring (bicyclic) bond motifs is 1. The Morgan fingerprint density at radius 3 is 2.39 bits per heavy atom. The largest absolute Gasteiger partial charge is 0.307 e. The van der Waals surface area contributed by atoms with Gasteiger partial charge in [0.25, 0.3) is 5.17 Å². The van der Waals surface area contributed by atoms with Crippen LogP contribution in [0.15, 0.2) is 77.0 Å². The first kappa shape index (κ1) is 18.8. The highest BCUT2D eigenvalue weighted by molar-refractivity contribution is 8.50. The summed E-state index contributed by atoms with van der Waals surface area (Å²) in [6, 6.07) is 13.6. The van der Waals surface area contributed by atoms with Gasteiger partial charge in [-0.3, -0.25) is 4.79 Å². The summed E-state index contributed by atoms with van der Waals surface area (Å²) >= 11 is 0. The Labute approximate surface area is 165 Å². The summed E-state index contributed by atoms with van der Waals surface area (Å²) in [6.45, 7) is 1.89. The lowest BCUT2D eigenvalue weighted by molar-refractivity contribution is -0.672. The maximum atomic E-state index is 13.0. The topological polar surface area (TPSA) is 77.2 Å². The van der Waals surface area contributed by atoms with Gasteiger partial charge in [-0.05, 0) is 24.6 Å². The molecule has 0 amide bonds. The van der Waals surface area contributed by atoms with Gasteiger partial charge in [-0.15, -0.1) is 0 Å². The number of nitrogens with one attached hydrogen (secondary N) is 1. The number of hydrogen-bond acceptors (Lipinski definition) is 5. The van der Waals surface area contributed by atoms with Gasteiger partial charge in [-0.2, -0.15) is 13.4 Å². The van der Waals surface area contributed by atoms with Crippen molar-refractivity contribution in [3.05, 3.63) is 83.8 Å². The minimum Gasteiger partial charge on any atom is -0.298 e. The van der Waals surface area contributed by atoms with Crippen LogP contribution >= 0.6 is 10.3 Å². The number of quaternary nitrogens is 1. The molecule has 1 N–H and O–H groups in total. The van der Waals surface area contributed by atoms with Crippen molar-refractivity contribution < 1.29 is 21.7 Å². The average molecular weight is 416 g/mol. The summed E-state index contributed by atoms with van der Waals surface area (Å²) in [5.74, 6) is 0. The Bertz CT molecular complexity index is 1130. The van der Waals surface area contributed by atoms with E-state index in [4.69, 9.17) is 3.63 Å². The van der Waals surface area contributed by atoms with Crippen LogP contribution in [0.4, 0.5) is 0 Å². The average Bonchev–Trinajstić information content (AvgIpc) is 3.24. The molecule has 2 heterocycles. The molecule has 4 rings (SSSR count). The molecule has 6 nitrogen and oxygen atoms in total. The van der Waals surface area contributed by atoms with Gasteiger partial charge in [-0.1, -0.05) is 42.0 Å². The van der Waals surface area contributed by atoms with Crippen LogP contribution in [-0.2, 0) is 13.7 Å². The lowest BCUT2D eigenvalue weighted by atomic mass is 10.1. The fourth-order valence-electron chi connectivity index (χ4n) is 3.15. The molecule has 2 unspecified atom stereocenters. The van der Waals surface area contributed by atoms with Crippen LogP contribution in [0.25, 0.3) is 4.91 Å². The predicted octanol–water partition coefficient (Wildman–Crippen LogP) is 2.60. The molecule has 0 aromatic heterocycles. The van der Waals surface area contributed by atoms with Crippen LogP contribution in [0.1, 0.15) is 21.5 Å². The molecule has 2 atom stereocenters. The number of rotatable bonds is 5. The Balaban J connectivity index is 1.76. The highest BCUT2D eigenvalue weighted by Gasteiger charge is 2.49. The number of amidine groups is 1. The Morgan fingerprint density at radius 2 is 1.75 bits per heavy atom. The first-order chi connectivity index (χ1) is 13.3. The highest BCUT2D eigenvalue weighted by Crippen LogP contribution is 2.61. The van der Waals surface area contributed by atoms with Crippen molar-refractivity contribution in [3.8, 4) is 0 Å². The number of aldehydes is 1. The maximum Gasteiger partial charge on any atom is 0.307 e. The summed E-state index contributed by atoms with van der Waals surface area (Å²) < 4.78 is 31.9. The SMILES string of the molecule is Cc1ccc(S(=O)(=O)OS2(C)C(c3ccc(C=O)cc3)=C[NH+]3C=CN=C32)cc1. The zero-order valence-corrected chi connectivity index (χ0v) is 17.0. The molecule has 144 valence electrons. The lowest BCUT2D eigenvalue weighted by Gasteiger charge is -2.29. The third kappa shape index (κ3) is 3.14. The van der Waals surface area contributed by atoms with Gasteiger partial charge in [0.1, 0.15) is 18.7 Å². The molecule has 2 aliphatic rings. The third-order valence-corrected chi connectivity index (χ3v) is 9.56. The van der Waals surface area contributed by atoms with E-state index in [1.807, 2.05) is 19.3 Å². The number of carbonyl (C=O) groups excluding carboxylic acids is 1.